The van der Waals surface area contributed by atoms with Crippen LogP contribution >= 0.6 is 0 Å². The molecule has 0 aromatic heterocycles. The third-order valence-electron chi connectivity index (χ3n) is 4.63. The van der Waals surface area contributed by atoms with Crippen molar-refractivity contribution >= 4 is 5.91 Å². The van der Waals surface area contributed by atoms with Gasteiger partial charge in [-0.2, -0.15) is 0 Å². The van der Waals surface area contributed by atoms with E-state index in [0.717, 1.165) is 32.2 Å². The lowest BCUT2D eigenvalue weighted by atomic mass is 10.2. The Kier molecular flexibility index (Phi) is 3.85. The Morgan fingerprint density at radius 3 is 2.28 bits per heavy atom. The number of piperazine rings is 1. The monoisotopic (exact) mass is 251 g/mol. The van der Waals surface area contributed by atoms with Crippen molar-refractivity contribution in [2.24, 2.45) is 0 Å². The van der Waals surface area contributed by atoms with Gasteiger partial charge in [0.05, 0.1) is 6.54 Å². The minimum Gasteiger partial charge on any atom is -0.339 e. The van der Waals surface area contributed by atoms with Crippen LogP contribution in [0.3, 0.4) is 0 Å². The molecule has 3 aliphatic rings. The topological polar surface area (TPSA) is 35.6 Å². The summed E-state index contributed by atoms with van der Waals surface area (Å²) >= 11 is 0. The first kappa shape index (κ1) is 12.4. The zero-order valence-electron chi connectivity index (χ0n) is 11.2. The maximum absolute atomic E-state index is 12.1. The predicted molar refractivity (Wildman–Crippen MR) is 71.4 cm³/mol. The molecular formula is C14H25N3O. The molecule has 1 heterocycles. The molecule has 0 aromatic rings. The van der Waals surface area contributed by atoms with Crippen molar-refractivity contribution in [3.63, 3.8) is 0 Å². The van der Waals surface area contributed by atoms with Gasteiger partial charge >= 0.3 is 0 Å². The molecule has 3 rings (SSSR count). The standard InChI is InChI=1S/C14H25N3O/c18-14(11-15-12-3-1-2-4-12)17-9-7-16(8-10-17)13-5-6-13/h12-13,15H,1-11H2. The first-order valence-electron chi connectivity index (χ1n) is 7.58. The second-order valence-electron chi connectivity index (χ2n) is 6.01. The molecular weight excluding hydrogens is 226 g/mol. The Labute approximate surface area is 110 Å². The Hall–Kier alpha value is -0.610. The lowest BCUT2D eigenvalue weighted by molar-refractivity contribution is -0.132. The zero-order chi connectivity index (χ0) is 12.4. The molecule has 1 saturated heterocycles. The van der Waals surface area contributed by atoms with Crippen LogP contribution in [0.15, 0.2) is 0 Å². The maximum Gasteiger partial charge on any atom is 0.236 e. The summed E-state index contributed by atoms with van der Waals surface area (Å²) in [4.78, 5) is 16.7. The second kappa shape index (κ2) is 5.57. The molecule has 1 amide bonds. The van der Waals surface area contributed by atoms with Crippen molar-refractivity contribution in [2.75, 3.05) is 32.7 Å². The molecule has 0 atom stereocenters. The van der Waals surface area contributed by atoms with Crippen molar-refractivity contribution in [1.29, 1.82) is 0 Å². The molecule has 0 aromatic carbocycles. The van der Waals surface area contributed by atoms with Gasteiger partial charge in [-0.3, -0.25) is 9.69 Å². The Balaban J connectivity index is 1.37. The number of nitrogens with one attached hydrogen (secondary N) is 1. The molecule has 1 N–H and O–H groups in total. The van der Waals surface area contributed by atoms with Crippen LogP contribution in [-0.4, -0.2) is 60.5 Å². The fourth-order valence-electron chi connectivity index (χ4n) is 3.25. The fourth-order valence-corrected chi connectivity index (χ4v) is 3.25. The summed E-state index contributed by atoms with van der Waals surface area (Å²) in [6, 6.07) is 1.44. The van der Waals surface area contributed by atoms with Crippen LogP contribution in [0.2, 0.25) is 0 Å². The minimum atomic E-state index is 0.303. The normalized spacial score (nSPS) is 26.8. The Morgan fingerprint density at radius 1 is 1.00 bits per heavy atom. The van der Waals surface area contributed by atoms with Crippen molar-refractivity contribution in [3.8, 4) is 0 Å². The van der Waals surface area contributed by atoms with E-state index in [2.05, 4.69) is 10.2 Å². The summed E-state index contributed by atoms with van der Waals surface area (Å²) in [5.74, 6) is 0.303. The number of carbonyl (C=O) groups is 1. The molecule has 102 valence electrons. The van der Waals surface area contributed by atoms with Gasteiger partial charge in [-0.05, 0) is 25.7 Å². The van der Waals surface area contributed by atoms with Crippen LogP contribution in [0.5, 0.6) is 0 Å². The molecule has 18 heavy (non-hydrogen) atoms. The van der Waals surface area contributed by atoms with E-state index >= 15 is 0 Å². The van der Waals surface area contributed by atoms with E-state index in [-0.39, 0.29) is 0 Å². The third-order valence-corrected chi connectivity index (χ3v) is 4.63. The summed E-state index contributed by atoms with van der Waals surface area (Å²) in [5, 5.41) is 3.42. The Bertz CT molecular complexity index is 289. The van der Waals surface area contributed by atoms with E-state index < -0.39 is 0 Å². The van der Waals surface area contributed by atoms with E-state index in [1.54, 1.807) is 0 Å². The average molecular weight is 251 g/mol. The molecule has 2 saturated carbocycles. The lowest BCUT2D eigenvalue weighted by Crippen LogP contribution is -2.51. The molecule has 4 heteroatoms. The fraction of sp³-hybridized carbons (Fsp3) is 0.929. The van der Waals surface area contributed by atoms with Gasteiger partial charge in [0.25, 0.3) is 0 Å². The summed E-state index contributed by atoms with van der Waals surface area (Å²) in [6.45, 7) is 4.58. The van der Waals surface area contributed by atoms with Gasteiger partial charge in [-0.25, -0.2) is 0 Å². The summed E-state index contributed by atoms with van der Waals surface area (Å²) in [7, 11) is 0. The van der Waals surface area contributed by atoms with Crippen LogP contribution in [0.1, 0.15) is 38.5 Å². The van der Waals surface area contributed by atoms with Gasteiger partial charge in [-0.15, -0.1) is 0 Å². The molecule has 0 unspecified atom stereocenters. The van der Waals surface area contributed by atoms with E-state index in [1.807, 2.05) is 4.90 Å². The van der Waals surface area contributed by atoms with Crippen molar-refractivity contribution in [2.45, 2.75) is 50.6 Å². The van der Waals surface area contributed by atoms with Gasteiger partial charge in [0.15, 0.2) is 0 Å². The third kappa shape index (κ3) is 3.04. The van der Waals surface area contributed by atoms with Crippen LogP contribution in [0, 0.1) is 0 Å². The predicted octanol–water partition coefficient (Wildman–Crippen LogP) is 0.825. The van der Waals surface area contributed by atoms with Crippen LogP contribution < -0.4 is 5.32 Å². The molecule has 1 aliphatic heterocycles. The molecule has 2 aliphatic carbocycles. The van der Waals surface area contributed by atoms with E-state index in [4.69, 9.17) is 0 Å². The highest BCUT2D eigenvalue weighted by Gasteiger charge is 2.32. The molecule has 0 radical (unpaired) electrons. The minimum absolute atomic E-state index is 0.303. The van der Waals surface area contributed by atoms with E-state index in [0.29, 0.717) is 18.5 Å². The van der Waals surface area contributed by atoms with Crippen LogP contribution in [-0.2, 0) is 4.79 Å². The first-order valence-corrected chi connectivity index (χ1v) is 7.58. The highest BCUT2D eigenvalue weighted by atomic mass is 16.2. The second-order valence-corrected chi connectivity index (χ2v) is 6.01. The number of nitrogens with zero attached hydrogens (tertiary/aromatic N) is 2. The van der Waals surface area contributed by atoms with Gasteiger partial charge in [0.2, 0.25) is 5.91 Å². The highest BCUT2D eigenvalue weighted by molar-refractivity contribution is 5.78. The van der Waals surface area contributed by atoms with Crippen LogP contribution in [0.4, 0.5) is 0 Å². The molecule has 0 spiro atoms. The summed E-state index contributed by atoms with van der Waals surface area (Å²) < 4.78 is 0. The van der Waals surface area contributed by atoms with Crippen LogP contribution in [0.25, 0.3) is 0 Å². The number of amides is 1. The zero-order valence-corrected chi connectivity index (χ0v) is 11.2. The van der Waals surface area contributed by atoms with Crippen molar-refractivity contribution < 1.29 is 4.79 Å². The largest absolute Gasteiger partial charge is 0.339 e. The molecule has 4 nitrogen and oxygen atoms in total. The number of rotatable bonds is 4. The number of hydrogen-bond acceptors (Lipinski definition) is 3. The Morgan fingerprint density at radius 2 is 1.67 bits per heavy atom. The van der Waals surface area contributed by atoms with E-state index in [1.165, 1.54) is 38.5 Å². The maximum atomic E-state index is 12.1. The van der Waals surface area contributed by atoms with Crippen molar-refractivity contribution in [3.05, 3.63) is 0 Å². The van der Waals surface area contributed by atoms with E-state index in [9.17, 15) is 4.79 Å². The first-order chi connectivity index (χ1) is 8.83. The smallest absolute Gasteiger partial charge is 0.236 e. The summed E-state index contributed by atoms with van der Waals surface area (Å²) in [5.41, 5.74) is 0. The lowest BCUT2D eigenvalue weighted by Gasteiger charge is -2.35. The number of carbonyl (C=O) groups excluding carboxylic acids is 1. The summed E-state index contributed by atoms with van der Waals surface area (Å²) in [6.07, 6.45) is 7.90. The van der Waals surface area contributed by atoms with Crippen molar-refractivity contribution in [1.82, 2.24) is 15.1 Å². The molecule has 0 bridgehead atoms. The van der Waals surface area contributed by atoms with Gasteiger partial charge < -0.3 is 10.2 Å². The number of hydrogen-bond donors (Lipinski definition) is 1. The highest BCUT2D eigenvalue weighted by Crippen LogP contribution is 2.27. The van der Waals surface area contributed by atoms with Gasteiger partial charge in [0, 0.05) is 38.3 Å². The molecule has 3 fully saturated rings. The quantitative estimate of drug-likeness (QED) is 0.804. The average Bonchev–Trinajstić information content (AvgIpc) is 3.13. The van der Waals surface area contributed by atoms with Gasteiger partial charge in [0.1, 0.15) is 0 Å². The SMILES string of the molecule is O=C(CNC1CCCC1)N1CCN(C2CC2)CC1. The van der Waals surface area contributed by atoms with Gasteiger partial charge in [-0.1, -0.05) is 12.8 Å².